The topological polar surface area (TPSA) is 72.7 Å². The number of amides is 1. The predicted octanol–water partition coefficient (Wildman–Crippen LogP) is 4.68. The van der Waals surface area contributed by atoms with Gasteiger partial charge >= 0.3 is 6.36 Å². The van der Waals surface area contributed by atoms with E-state index in [0.717, 1.165) is 30.1 Å². The third-order valence-corrected chi connectivity index (χ3v) is 6.47. The first-order chi connectivity index (χ1) is 16.1. The monoisotopic (exact) mass is 533 g/mol. The van der Waals surface area contributed by atoms with Crippen molar-refractivity contribution in [1.29, 1.82) is 0 Å². The molecule has 0 saturated carbocycles. The number of morpholine rings is 1. The zero-order chi connectivity index (χ0) is 24.5. The van der Waals surface area contributed by atoms with Crippen LogP contribution < -0.4 is 9.64 Å². The first kappa shape index (κ1) is 27.2. The van der Waals surface area contributed by atoms with Gasteiger partial charge in [0.05, 0.1) is 23.4 Å². The Morgan fingerprint density at radius 3 is 2.60 bits per heavy atom. The van der Waals surface area contributed by atoms with E-state index in [4.69, 9.17) is 4.74 Å². The summed E-state index contributed by atoms with van der Waals surface area (Å²) in [5, 5.41) is 4.88. The van der Waals surface area contributed by atoms with Gasteiger partial charge in [0.15, 0.2) is 10.8 Å². The molecule has 1 aromatic carbocycles. The van der Waals surface area contributed by atoms with Gasteiger partial charge in [-0.1, -0.05) is 11.3 Å². The minimum atomic E-state index is -4.78. The summed E-state index contributed by atoms with van der Waals surface area (Å²) in [6.07, 6.45) is -4.78. The number of anilines is 1. The molecule has 1 aliphatic heterocycles. The van der Waals surface area contributed by atoms with E-state index in [9.17, 15) is 18.0 Å². The number of hydrogen-bond donors (Lipinski definition) is 0. The molecule has 0 unspecified atom stereocenters. The molecule has 2 aromatic heterocycles. The van der Waals surface area contributed by atoms with Crippen LogP contribution in [0, 0.1) is 6.92 Å². The zero-order valence-electron chi connectivity index (χ0n) is 19.5. The Kier molecular flexibility index (Phi) is 8.63. The van der Waals surface area contributed by atoms with Gasteiger partial charge in [0.25, 0.3) is 5.91 Å². The van der Waals surface area contributed by atoms with Crippen molar-refractivity contribution in [2.45, 2.75) is 33.2 Å². The summed E-state index contributed by atoms with van der Waals surface area (Å²) in [5.74, 6) is -0.630. The number of halogens is 4. The predicted molar refractivity (Wildman–Crippen MR) is 130 cm³/mol. The van der Waals surface area contributed by atoms with E-state index < -0.39 is 6.36 Å². The van der Waals surface area contributed by atoms with Crippen LogP contribution in [0.15, 0.2) is 24.3 Å². The summed E-state index contributed by atoms with van der Waals surface area (Å²) in [4.78, 5) is 21.8. The molecule has 1 fully saturated rings. The number of benzene rings is 1. The van der Waals surface area contributed by atoms with Crippen LogP contribution >= 0.6 is 23.7 Å². The molecule has 0 atom stereocenters. The van der Waals surface area contributed by atoms with Gasteiger partial charge < -0.3 is 9.47 Å². The normalized spacial score (nSPS) is 14.8. The van der Waals surface area contributed by atoms with Crippen molar-refractivity contribution in [1.82, 2.24) is 19.7 Å². The SMILES string of the molecule is Cc1cc(C(=O)N(CCN2CCOCC2)c2nc3ccc(OC(F)(F)F)cc3s2)nn1C(C)C.Cl. The standard InChI is InChI=1S/C22H26F3N5O3S.ClH/c1-14(2)30-15(3)12-18(27-30)20(31)29(7-6-28-8-10-32-11-9-28)21-26-17-5-4-16(13-19(17)34-21)33-22(23,24)25;/h4-5,12-14H,6-11H2,1-3H3;1H. The van der Waals surface area contributed by atoms with Crippen molar-refractivity contribution in [2.24, 2.45) is 0 Å². The average Bonchev–Trinajstić information content (AvgIpc) is 3.36. The molecule has 0 aliphatic carbocycles. The number of rotatable bonds is 7. The minimum absolute atomic E-state index is 0. The van der Waals surface area contributed by atoms with Crippen molar-refractivity contribution in [3.63, 3.8) is 0 Å². The Morgan fingerprint density at radius 1 is 1.26 bits per heavy atom. The molecule has 0 N–H and O–H groups in total. The number of fused-ring (bicyclic) bond motifs is 1. The summed E-state index contributed by atoms with van der Waals surface area (Å²) < 4.78 is 49.6. The van der Waals surface area contributed by atoms with Crippen LogP contribution in [0.3, 0.4) is 0 Å². The summed E-state index contributed by atoms with van der Waals surface area (Å²) in [6.45, 7) is 9.63. The van der Waals surface area contributed by atoms with Gasteiger partial charge in [-0.15, -0.1) is 25.6 Å². The molecule has 192 valence electrons. The third-order valence-electron chi connectivity index (χ3n) is 5.43. The maximum atomic E-state index is 13.5. The lowest BCUT2D eigenvalue weighted by Gasteiger charge is -2.29. The number of ether oxygens (including phenoxy) is 2. The van der Waals surface area contributed by atoms with Crippen molar-refractivity contribution in [3.05, 3.63) is 35.7 Å². The van der Waals surface area contributed by atoms with Crippen LogP contribution in [-0.2, 0) is 4.74 Å². The smallest absolute Gasteiger partial charge is 0.406 e. The van der Waals surface area contributed by atoms with Crippen LogP contribution in [0.4, 0.5) is 18.3 Å². The molecule has 8 nitrogen and oxygen atoms in total. The second kappa shape index (κ2) is 11.1. The highest BCUT2D eigenvalue weighted by molar-refractivity contribution is 7.22. The first-order valence-electron chi connectivity index (χ1n) is 10.9. The molecule has 1 aliphatic rings. The van der Waals surface area contributed by atoms with E-state index in [1.54, 1.807) is 15.6 Å². The maximum absolute atomic E-state index is 13.5. The van der Waals surface area contributed by atoms with E-state index >= 15 is 0 Å². The van der Waals surface area contributed by atoms with Crippen molar-refractivity contribution < 1.29 is 27.4 Å². The van der Waals surface area contributed by atoms with Crippen LogP contribution in [0.25, 0.3) is 10.2 Å². The molecule has 1 amide bonds. The Hall–Kier alpha value is -2.41. The molecule has 0 bridgehead atoms. The molecular formula is C22H27ClF3N5O3S. The van der Waals surface area contributed by atoms with Crippen LogP contribution in [0.2, 0.25) is 0 Å². The van der Waals surface area contributed by atoms with E-state index in [0.29, 0.717) is 47.3 Å². The molecular weight excluding hydrogens is 507 g/mol. The van der Waals surface area contributed by atoms with Gasteiger partial charge in [0, 0.05) is 44.0 Å². The van der Waals surface area contributed by atoms with Crippen LogP contribution in [0.1, 0.15) is 36.1 Å². The molecule has 4 rings (SSSR count). The summed E-state index contributed by atoms with van der Waals surface area (Å²) in [7, 11) is 0. The number of aromatic nitrogens is 3. The second-order valence-corrected chi connectivity index (χ2v) is 9.30. The molecule has 1 saturated heterocycles. The number of carbonyl (C=O) groups excluding carboxylic acids is 1. The van der Waals surface area contributed by atoms with Gasteiger partial charge in [0.1, 0.15) is 5.75 Å². The largest absolute Gasteiger partial charge is 0.573 e. The van der Waals surface area contributed by atoms with Gasteiger partial charge in [-0.05, 0) is 39.0 Å². The van der Waals surface area contributed by atoms with Gasteiger partial charge in [-0.2, -0.15) is 5.10 Å². The van der Waals surface area contributed by atoms with Crippen molar-refractivity contribution >= 4 is 45.0 Å². The number of aryl methyl sites for hydroxylation is 1. The fraction of sp³-hybridized carbons (Fsp3) is 0.500. The lowest BCUT2D eigenvalue weighted by atomic mass is 10.3. The highest BCUT2D eigenvalue weighted by atomic mass is 35.5. The summed E-state index contributed by atoms with van der Waals surface area (Å²) >= 11 is 1.14. The molecule has 35 heavy (non-hydrogen) atoms. The molecule has 13 heteroatoms. The average molecular weight is 534 g/mol. The molecule has 3 heterocycles. The van der Waals surface area contributed by atoms with Gasteiger partial charge in [-0.3, -0.25) is 19.3 Å². The second-order valence-electron chi connectivity index (χ2n) is 8.29. The molecule has 3 aromatic rings. The van der Waals surface area contributed by atoms with E-state index in [-0.39, 0.29) is 30.1 Å². The molecule has 0 radical (unpaired) electrons. The maximum Gasteiger partial charge on any atom is 0.573 e. The Bertz CT molecular complexity index is 1160. The highest BCUT2D eigenvalue weighted by Crippen LogP contribution is 2.34. The van der Waals surface area contributed by atoms with E-state index in [1.165, 1.54) is 18.2 Å². The van der Waals surface area contributed by atoms with E-state index in [2.05, 4.69) is 19.7 Å². The number of thiazole rings is 1. The van der Waals surface area contributed by atoms with Crippen molar-refractivity contribution in [2.75, 3.05) is 44.3 Å². The third kappa shape index (κ3) is 6.63. The number of nitrogens with zero attached hydrogens (tertiary/aromatic N) is 5. The molecule has 0 spiro atoms. The van der Waals surface area contributed by atoms with Crippen molar-refractivity contribution in [3.8, 4) is 5.75 Å². The van der Waals surface area contributed by atoms with Gasteiger partial charge in [-0.25, -0.2) is 4.98 Å². The number of carbonyl (C=O) groups is 1. The minimum Gasteiger partial charge on any atom is -0.406 e. The number of hydrogen-bond acceptors (Lipinski definition) is 7. The first-order valence-corrected chi connectivity index (χ1v) is 11.8. The quantitative estimate of drug-likeness (QED) is 0.439. The summed E-state index contributed by atoms with van der Waals surface area (Å²) in [6, 6.07) is 5.79. The fourth-order valence-corrected chi connectivity index (χ4v) is 4.83. The Labute approximate surface area is 211 Å². The van der Waals surface area contributed by atoms with Crippen LogP contribution in [-0.4, -0.2) is 71.3 Å². The summed E-state index contributed by atoms with van der Waals surface area (Å²) in [5.41, 5.74) is 1.65. The van der Waals surface area contributed by atoms with E-state index in [1.807, 2.05) is 20.8 Å². The lowest BCUT2D eigenvalue weighted by molar-refractivity contribution is -0.274. The van der Waals surface area contributed by atoms with Gasteiger partial charge in [0.2, 0.25) is 0 Å². The Morgan fingerprint density at radius 2 is 1.97 bits per heavy atom. The fourth-order valence-electron chi connectivity index (χ4n) is 3.81. The van der Waals surface area contributed by atoms with Crippen LogP contribution in [0.5, 0.6) is 5.75 Å². The number of alkyl halides is 3. The Balaban J connectivity index is 0.00000342. The lowest BCUT2D eigenvalue weighted by Crippen LogP contribution is -2.43. The zero-order valence-corrected chi connectivity index (χ0v) is 21.2. The highest BCUT2D eigenvalue weighted by Gasteiger charge is 2.31.